The van der Waals surface area contributed by atoms with E-state index in [2.05, 4.69) is 5.32 Å². The van der Waals surface area contributed by atoms with Gasteiger partial charge in [0.1, 0.15) is 0 Å². The zero-order valence-corrected chi connectivity index (χ0v) is 13.7. The number of anilines is 1. The van der Waals surface area contributed by atoms with Gasteiger partial charge in [-0.1, -0.05) is 39.0 Å². The van der Waals surface area contributed by atoms with E-state index in [-0.39, 0.29) is 29.0 Å². The van der Waals surface area contributed by atoms with Crippen LogP contribution in [0, 0.1) is 5.41 Å². The fourth-order valence-corrected chi connectivity index (χ4v) is 2.20. The molecule has 2 aliphatic rings. The number of imide groups is 2. The summed E-state index contributed by atoms with van der Waals surface area (Å²) >= 11 is 0. The largest absolute Gasteiger partial charge is 0.289 e. The molecule has 0 saturated carbocycles. The summed E-state index contributed by atoms with van der Waals surface area (Å²) in [5.41, 5.74) is 0.931. The van der Waals surface area contributed by atoms with Crippen molar-refractivity contribution >= 4 is 29.3 Å². The maximum atomic E-state index is 11.2. The van der Waals surface area contributed by atoms with E-state index in [0.29, 0.717) is 11.3 Å². The van der Waals surface area contributed by atoms with Gasteiger partial charge < -0.3 is 0 Å². The van der Waals surface area contributed by atoms with Gasteiger partial charge in [-0.3, -0.25) is 24.5 Å². The maximum absolute atomic E-state index is 11.2. The minimum Gasteiger partial charge on any atom is -0.289 e. The van der Waals surface area contributed by atoms with Crippen molar-refractivity contribution in [2.75, 3.05) is 4.90 Å². The van der Waals surface area contributed by atoms with Crippen LogP contribution in [0.15, 0.2) is 54.1 Å². The van der Waals surface area contributed by atoms with Crippen LogP contribution in [0.5, 0.6) is 0 Å². The highest BCUT2D eigenvalue weighted by Crippen LogP contribution is 2.26. The number of nitrogens with zero attached hydrogens (tertiary/aromatic N) is 1. The van der Waals surface area contributed by atoms with E-state index in [1.54, 1.807) is 24.3 Å². The van der Waals surface area contributed by atoms with Crippen LogP contribution >= 0.6 is 0 Å². The molecule has 0 saturated heterocycles. The Morgan fingerprint density at radius 1 is 0.875 bits per heavy atom. The molecule has 124 valence electrons. The van der Waals surface area contributed by atoms with Crippen LogP contribution in [0.4, 0.5) is 5.69 Å². The lowest BCUT2D eigenvalue weighted by Gasteiger charge is -2.17. The molecular weight excluding hydrogens is 308 g/mol. The molecule has 0 spiro atoms. The van der Waals surface area contributed by atoms with Crippen molar-refractivity contribution in [2.24, 2.45) is 5.41 Å². The van der Waals surface area contributed by atoms with Crippen molar-refractivity contribution in [3.63, 3.8) is 0 Å². The molecule has 6 heteroatoms. The van der Waals surface area contributed by atoms with Gasteiger partial charge in [-0.25, -0.2) is 4.90 Å². The highest BCUT2D eigenvalue weighted by atomic mass is 16.2. The maximum Gasteiger partial charge on any atom is 0.258 e. The third-order valence-electron chi connectivity index (χ3n) is 3.39. The average molecular weight is 326 g/mol. The quantitative estimate of drug-likeness (QED) is 0.797. The summed E-state index contributed by atoms with van der Waals surface area (Å²) < 4.78 is 0. The van der Waals surface area contributed by atoms with E-state index in [1.165, 1.54) is 18.2 Å². The summed E-state index contributed by atoms with van der Waals surface area (Å²) in [5.74, 6) is -1.13. The van der Waals surface area contributed by atoms with E-state index >= 15 is 0 Å². The Kier molecular flexibility index (Phi) is 4.78. The summed E-state index contributed by atoms with van der Waals surface area (Å²) in [5, 5.41) is 2.20. The fourth-order valence-electron chi connectivity index (χ4n) is 2.20. The Bertz CT molecular complexity index is 737. The molecule has 1 aromatic carbocycles. The second-order valence-electron chi connectivity index (χ2n) is 6.31. The van der Waals surface area contributed by atoms with Crippen molar-refractivity contribution in [1.29, 1.82) is 0 Å². The van der Waals surface area contributed by atoms with Crippen LogP contribution < -0.4 is 10.2 Å². The Labute approximate surface area is 139 Å². The summed E-state index contributed by atoms with van der Waals surface area (Å²) in [7, 11) is 0. The minimum atomic E-state index is -0.306. The number of carbonyl (C=O) groups excluding carboxylic acids is 4. The van der Waals surface area contributed by atoms with Gasteiger partial charge in [-0.15, -0.1) is 0 Å². The molecule has 4 amide bonds. The lowest BCUT2D eigenvalue weighted by atomic mass is 9.87. The number of para-hydroxylation sites is 1. The van der Waals surface area contributed by atoms with E-state index in [0.717, 1.165) is 4.90 Å². The third-order valence-corrected chi connectivity index (χ3v) is 3.39. The molecule has 1 aromatic rings. The van der Waals surface area contributed by atoms with Crippen LogP contribution in [-0.4, -0.2) is 23.6 Å². The molecule has 0 aliphatic carbocycles. The van der Waals surface area contributed by atoms with E-state index in [1.807, 2.05) is 26.8 Å². The molecule has 0 aromatic heterocycles. The molecule has 0 radical (unpaired) electrons. The third kappa shape index (κ3) is 3.84. The summed E-state index contributed by atoms with van der Waals surface area (Å²) in [4.78, 5) is 45.3. The van der Waals surface area contributed by atoms with E-state index in [9.17, 15) is 19.2 Å². The van der Waals surface area contributed by atoms with Crippen LogP contribution in [0.25, 0.3) is 0 Å². The average Bonchev–Trinajstić information content (AvgIpc) is 3.02. The zero-order valence-electron chi connectivity index (χ0n) is 13.7. The predicted octanol–water partition coefficient (Wildman–Crippen LogP) is 1.73. The molecule has 2 heterocycles. The first-order valence-corrected chi connectivity index (χ1v) is 7.39. The van der Waals surface area contributed by atoms with Gasteiger partial charge in [0, 0.05) is 23.8 Å². The molecule has 0 unspecified atom stereocenters. The monoisotopic (exact) mass is 326 g/mol. The second kappa shape index (κ2) is 6.62. The van der Waals surface area contributed by atoms with Crippen molar-refractivity contribution in [1.82, 2.24) is 5.32 Å². The number of nitrogens with one attached hydrogen (secondary N) is 1. The standard InChI is InChI=1S/C10H7NO2.C8H11NO2/c12-9-6-7-10(13)11(9)8-4-2-1-3-5-8;1-8(2,3)5-4-6(10)9-7(5)11/h1-7H;4H,1-3H3,(H,9,10,11). The molecule has 3 rings (SSSR count). The second-order valence-corrected chi connectivity index (χ2v) is 6.31. The van der Waals surface area contributed by atoms with Gasteiger partial charge in [0.25, 0.3) is 23.6 Å². The van der Waals surface area contributed by atoms with Crippen molar-refractivity contribution < 1.29 is 19.2 Å². The predicted molar refractivity (Wildman–Crippen MR) is 88.8 cm³/mol. The fraction of sp³-hybridized carbons (Fsp3) is 0.222. The van der Waals surface area contributed by atoms with E-state index in [4.69, 9.17) is 0 Å². The van der Waals surface area contributed by atoms with Gasteiger partial charge in [-0.05, 0) is 17.5 Å². The molecule has 2 aliphatic heterocycles. The Morgan fingerprint density at radius 2 is 1.42 bits per heavy atom. The number of rotatable bonds is 1. The Morgan fingerprint density at radius 3 is 1.79 bits per heavy atom. The van der Waals surface area contributed by atoms with Crippen molar-refractivity contribution in [3.05, 3.63) is 54.1 Å². The van der Waals surface area contributed by atoms with E-state index < -0.39 is 0 Å². The van der Waals surface area contributed by atoms with Crippen LogP contribution in [0.1, 0.15) is 20.8 Å². The first-order valence-electron chi connectivity index (χ1n) is 7.39. The van der Waals surface area contributed by atoms with Crippen LogP contribution in [0.2, 0.25) is 0 Å². The molecule has 1 N–H and O–H groups in total. The topological polar surface area (TPSA) is 83.5 Å². The molecule has 0 atom stereocenters. The molecular formula is C18H18N2O4. The number of benzene rings is 1. The highest BCUT2D eigenvalue weighted by Gasteiger charge is 2.30. The number of hydrogen-bond acceptors (Lipinski definition) is 4. The first-order chi connectivity index (χ1) is 11.2. The number of hydrogen-bond donors (Lipinski definition) is 1. The first kappa shape index (κ1) is 17.3. The van der Waals surface area contributed by atoms with Gasteiger partial charge in [-0.2, -0.15) is 0 Å². The lowest BCUT2D eigenvalue weighted by Crippen LogP contribution is -2.29. The van der Waals surface area contributed by atoms with Crippen LogP contribution in [-0.2, 0) is 19.2 Å². The molecule has 6 nitrogen and oxygen atoms in total. The van der Waals surface area contributed by atoms with Gasteiger partial charge in [0.15, 0.2) is 0 Å². The van der Waals surface area contributed by atoms with Gasteiger partial charge >= 0.3 is 0 Å². The number of carbonyl (C=O) groups is 4. The smallest absolute Gasteiger partial charge is 0.258 e. The minimum absolute atomic E-state index is 0.240. The summed E-state index contributed by atoms with van der Waals surface area (Å²) in [6.07, 6.45) is 3.91. The Balaban J connectivity index is 0.000000177. The molecule has 24 heavy (non-hydrogen) atoms. The SMILES string of the molecule is CC(C)(C)C1=CC(=O)NC1=O.O=C1C=CC(=O)N1c1ccccc1. The number of amides is 4. The lowest BCUT2D eigenvalue weighted by molar-refractivity contribution is -0.124. The summed E-state index contributed by atoms with van der Waals surface area (Å²) in [6.45, 7) is 5.70. The zero-order chi connectivity index (χ0) is 17.9. The van der Waals surface area contributed by atoms with Crippen LogP contribution in [0.3, 0.4) is 0 Å². The summed E-state index contributed by atoms with van der Waals surface area (Å²) in [6, 6.07) is 8.86. The molecule has 0 fully saturated rings. The molecule has 0 bridgehead atoms. The van der Waals surface area contributed by atoms with Crippen molar-refractivity contribution in [3.8, 4) is 0 Å². The van der Waals surface area contributed by atoms with Gasteiger partial charge in [0.05, 0.1) is 5.69 Å². The normalized spacial score (nSPS) is 16.8. The van der Waals surface area contributed by atoms with Crippen molar-refractivity contribution in [2.45, 2.75) is 20.8 Å². The Hall–Kier alpha value is -3.02. The highest BCUT2D eigenvalue weighted by molar-refractivity contribution is 6.28. The van der Waals surface area contributed by atoms with Gasteiger partial charge in [0.2, 0.25) is 0 Å².